The van der Waals surface area contributed by atoms with Crippen molar-refractivity contribution in [2.75, 3.05) is 0 Å². The fourth-order valence-corrected chi connectivity index (χ4v) is 5.00. The van der Waals surface area contributed by atoms with E-state index in [-0.39, 0.29) is 39.3 Å². The molecule has 0 aliphatic rings. The van der Waals surface area contributed by atoms with Crippen molar-refractivity contribution < 1.29 is 17.6 Å². The summed E-state index contributed by atoms with van der Waals surface area (Å²) >= 11 is 0.734. The molecule has 0 fully saturated rings. The minimum atomic E-state index is -4.54. The second kappa shape index (κ2) is 9.22. The van der Waals surface area contributed by atoms with Gasteiger partial charge in [-0.2, -0.15) is 22.5 Å². The molecule has 0 N–H and O–H groups in total. The number of thiazole rings is 1. The lowest BCUT2D eigenvalue weighted by atomic mass is 9.97. The first-order valence-electron chi connectivity index (χ1n) is 11.4. The number of alkyl halides is 3. The van der Waals surface area contributed by atoms with Gasteiger partial charge < -0.3 is 4.57 Å². The zero-order chi connectivity index (χ0) is 26.5. The summed E-state index contributed by atoms with van der Waals surface area (Å²) in [7, 11) is 1.49. The lowest BCUT2D eigenvalue weighted by molar-refractivity contribution is -0.140. The quantitative estimate of drug-likeness (QED) is 0.200. The maximum atomic E-state index is 15.0. The van der Waals surface area contributed by atoms with Gasteiger partial charge in [-0.25, -0.2) is 9.97 Å². The first-order valence-corrected chi connectivity index (χ1v) is 12.2. The zero-order valence-corrected chi connectivity index (χ0v) is 20.9. The second-order valence-electron chi connectivity index (χ2n) is 8.94. The van der Waals surface area contributed by atoms with E-state index in [1.165, 1.54) is 16.2 Å². The number of halogens is 4. The van der Waals surface area contributed by atoms with Crippen molar-refractivity contribution in [2.45, 2.75) is 32.5 Å². The fraction of sp³-hybridized carbons (Fsp3) is 0.231. The molecule has 3 heterocycles. The Labute approximate surface area is 212 Å². The third kappa shape index (κ3) is 4.66. The highest BCUT2D eigenvalue weighted by molar-refractivity contribution is 7.16. The summed E-state index contributed by atoms with van der Waals surface area (Å²) in [5, 5.41) is 0. The molecular weight excluding hydrogens is 506 g/mol. The molecule has 0 aliphatic heterocycles. The fourth-order valence-electron chi connectivity index (χ4n) is 4.19. The summed E-state index contributed by atoms with van der Waals surface area (Å²) in [5.41, 5.74) is 2.07. The molecule has 0 bridgehead atoms. The van der Waals surface area contributed by atoms with Gasteiger partial charge >= 0.3 is 11.0 Å². The van der Waals surface area contributed by atoms with Crippen LogP contribution in [0, 0.1) is 5.95 Å². The maximum absolute atomic E-state index is 15.0. The molecule has 0 aliphatic carbocycles. The summed E-state index contributed by atoms with van der Waals surface area (Å²) < 4.78 is 56.8. The summed E-state index contributed by atoms with van der Waals surface area (Å²) in [5.74, 6) is -0.232. The van der Waals surface area contributed by atoms with Gasteiger partial charge in [0.25, 0.3) is 0 Å². The molecule has 0 saturated carbocycles. The Morgan fingerprint density at radius 1 is 1.00 bits per heavy atom. The van der Waals surface area contributed by atoms with E-state index in [4.69, 9.17) is 0 Å². The zero-order valence-electron chi connectivity index (χ0n) is 20.0. The van der Waals surface area contributed by atoms with Crippen LogP contribution in [0.15, 0.2) is 59.5 Å². The number of fused-ring (bicyclic) bond motifs is 1. The highest BCUT2D eigenvalue weighted by atomic mass is 32.1. The normalized spacial score (nSPS) is 12.1. The van der Waals surface area contributed by atoms with Crippen LogP contribution in [-0.4, -0.2) is 24.1 Å². The Kier molecular flexibility index (Phi) is 6.18. The first-order chi connectivity index (χ1) is 17.5. The van der Waals surface area contributed by atoms with Gasteiger partial charge in [0, 0.05) is 24.4 Å². The number of hydrogen-bond donors (Lipinski definition) is 0. The molecule has 6 nitrogen and oxygen atoms in total. The molecule has 2 aromatic carbocycles. The van der Waals surface area contributed by atoms with E-state index in [1.807, 2.05) is 38.1 Å². The molecule has 190 valence electrons. The van der Waals surface area contributed by atoms with Gasteiger partial charge in [0.1, 0.15) is 10.5 Å². The van der Waals surface area contributed by atoms with Crippen LogP contribution in [0.5, 0.6) is 0 Å². The van der Waals surface area contributed by atoms with Crippen molar-refractivity contribution in [1.82, 2.24) is 24.1 Å². The van der Waals surface area contributed by atoms with Gasteiger partial charge in [-0.1, -0.05) is 73.7 Å². The van der Waals surface area contributed by atoms with E-state index >= 15 is 0 Å². The van der Waals surface area contributed by atoms with E-state index < -0.39 is 17.8 Å². The molecule has 11 heteroatoms. The Morgan fingerprint density at radius 2 is 1.70 bits per heavy atom. The molecule has 5 aromatic rings. The molecule has 5 rings (SSSR count). The molecule has 0 atom stereocenters. The number of nitrogens with zero attached hydrogens (tertiary/aromatic N) is 5. The molecule has 0 spiro atoms. The maximum Gasteiger partial charge on any atom is 0.434 e. The smallest absolute Gasteiger partial charge is 0.333 e. The Balaban J connectivity index is 1.51. The number of aryl methyl sites for hydroxylation is 1. The van der Waals surface area contributed by atoms with E-state index in [0.717, 1.165) is 23.1 Å². The monoisotopic (exact) mass is 527 g/mol. The van der Waals surface area contributed by atoms with Gasteiger partial charge in [0.05, 0.1) is 6.54 Å². The number of imidazole rings is 1. The minimum Gasteiger partial charge on any atom is -0.333 e. The summed E-state index contributed by atoms with van der Waals surface area (Å²) in [6.45, 7) is 4.15. The average Bonchev–Trinajstić information content (AvgIpc) is 3.40. The van der Waals surface area contributed by atoms with Gasteiger partial charge in [0.2, 0.25) is 5.95 Å². The third-order valence-corrected chi connectivity index (χ3v) is 6.97. The van der Waals surface area contributed by atoms with Crippen LogP contribution in [0.2, 0.25) is 0 Å². The second-order valence-corrected chi connectivity index (χ2v) is 9.90. The number of rotatable bonds is 5. The Hall–Kier alpha value is -3.86. The van der Waals surface area contributed by atoms with E-state index in [0.29, 0.717) is 16.7 Å². The van der Waals surface area contributed by atoms with Crippen molar-refractivity contribution in [3.05, 3.63) is 87.2 Å². The first kappa shape index (κ1) is 24.8. The van der Waals surface area contributed by atoms with Crippen LogP contribution < -0.4 is 4.87 Å². The summed E-state index contributed by atoms with van der Waals surface area (Å²) in [6, 6.07) is 14.1. The van der Waals surface area contributed by atoms with Crippen LogP contribution in [-0.2, 0) is 19.8 Å². The van der Waals surface area contributed by atoms with Crippen molar-refractivity contribution in [3.63, 3.8) is 0 Å². The molecule has 0 unspecified atom stereocenters. The van der Waals surface area contributed by atoms with Crippen molar-refractivity contribution in [2.24, 2.45) is 7.05 Å². The number of benzene rings is 2. The molecule has 3 aromatic heterocycles. The minimum absolute atomic E-state index is 0.0695. The Bertz CT molecular complexity index is 1670. The summed E-state index contributed by atoms with van der Waals surface area (Å²) in [6.07, 6.45) is -3.60. The lowest BCUT2D eigenvalue weighted by Gasteiger charge is -2.12. The third-order valence-electron chi connectivity index (χ3n) is 6.02. The van der Waals surface area contributed by atoms with Gasteiger partial charge in [-0.3, -0.25) is 9.36 Å². The topological polar surface area (TPSA) is 65.6 Å². The number of hydrogen-bond acceptors (Lipinski definition) is 5. The van der Waals surface area contributed by atoms with E-state index in [1.54, 1.807) is 24.3 Å². The molecule has 0 radical (unpaired) electrons. The SMILES string of the molecule is CC(C)c1ccccc1-c1nc(F)c2sc(=O)n(Cc3ccc(-c4nc(C(F)(F)F)cn4C)cc3)c2n1. The van der Waals surface area contributed by atoms with Gasteiger partial charge in [0.15, 0.2) is 17.2 Å². The highest BCUT2D eigenvalue weighted by Gasteiger charge is 2.34. The predicted molar refractivity (Wildman–Crippen MR) is 134 cm³/mol. The number of aromatic nitrogens is 5. The van der Waals surface area contributed by atoms with Gasteiger partial charge in [-0.15, -0.1) is 0 Å². The highest BCUT2D eigenvalue weighted by Crippen LogP contribution is 2.31. The van der Waals surface area contributed by atoms with Crippen LogP contribution in [0.4, 0.5) is 17.6 Å². The van der Waals surface area contributed by atoms with E-state index in [2.05, 4.69) is 15.0 Å². The summed E-state index contributed by atoms with van der Waals surface area (Å²) in [4.78, 5) is 24.7. The largest absolute Gasteiger partial charge is 0.434 e. The lowest BCUT2D eigenvalue weighted by Crippen LogP contribution is -2.14. The van der Waals surface area contributed by atoms with Crippen molar-refractivity contribution in [3.8, 4) is 22.8 Å². The molecule has 0 saturated heterocycles. The molecular formula is C26H21F4N5OS. The average molecular weight is 528 g/mol. The van der Waals surface area contributed by atoms with Crippen LogP contribution >= 0.6 is 11.3 Å². The van der Waals surface area contributed by atoms with Crippen LogP contribution in [0.25, 0.3) is 33.1 Å². The molecule has 37 heavy (non-hydrogen) atoms. The van der Waals surface area contributed by atoms with Crippen molar-refractivity contribution in [1.29, 1.82) is 0 Å². The Morgan fingerprint density at radius 3 is 2.35 bits per heavy atom. The van der Waals surface area contributed by atoms with E-state index in [9.17, 15) is 22.4 Å². The van der Waals surface area contributed by atoms with Gasteiger partial charge in [-0.05, 0) is 17.0 Å². The molecule has 0 amide bonds. The van der Waals surface area contributed by atoms with Crippen LogP contribution in [0.3, 0.4) is 0 Å². The van der Waals surface area contributed by atoms with Crippen molar-refractivity contribution >= 4 is 21.7 Å². The standard InChI is InChI=1S/C26H21F4N5OS/c1-14(2)17-6-4-5-7-18(17)22-32-21(27)20-24(33-22)35(25(36)37-20)12-15-8-10-16(11-9-15)23-31-19(13-34(23)3)26(28,29)30/h4-11,13-14H,12H2,1-3H3. The predicted octanol–water partition coefficient (Wildman–Crippen LogP) is 6.25. The van der Waals surface area contributed by atoms with Crippen LogP contribution in [0.1, 0.15) is 36.6 Å².